The lowest BCUT2D eigenvalue weighted by Gasteiger charge is -2.21. The van der Waals surface area contributed by atoms with Crippen molar-refractivity contribution in [1.29, 1.82) is 0 Å². The van der Waals surface area contributed by atoms with Gasteiger partial charge in [-0.05, 0) is 39.0 Å². The summed E-state index contributed by atoms with van der Waals surface area (Å²) in [7, 11) is -2.40. The van der Waals surface area contributed by atoms with Crippen LogP contribution >= 0.6 is 0 Å². The Morgan fingerprint density at radius 2 is 1.96 bits per heavy atom. The SMILES string of the molecule is COc1ccc(-c2nc(Cc3ccno3)no2)cc1S(=O)(=O)NC(C)(C)C. The second kappa shape index (κ2) is 7.12. The van der Waals surface area contributed by atoms with Gasteiger partial charge < -0.3 is 13.8 Å². The molecule has 0 spiro atoms. The van der Waals surface area contributed by atoms with Gasteiger partial charge in [0, 0.05) is 17.2 Å². The van der Waals surface area contributed by atoms with Crippen LogP contribution in [0.5, 0.6) is 5.75 Å². The molecule has 0 aliphatic heterocycles. The van der Waals surface area contributed by atoms with Gasteiger partial charge in [-0.3, -0.25) is 0 Å². The van der Waals surface area contributed by atoms with Crippen LogP contribution in [0.1, 0.15) is 32.4 Å². The molecule has 0 aliphatic rings. The predicted molar refractivity (Wildman–Crippen MR) is 95.7 cm³/mol. The highest BCUT2D eigenvalue weighted by atomic mass is 32.2. The summed E-state index contributed by atoms with van der Waals surface area (Å²) in [6.07, 6.45) is 1.84. The molecule has 0 fully saturated rings. The van der Waals surface area contributed by atoms with E-state index in [0.717, 1.165) is 0 Å². The Labute approximate surface area is 156 Å². The van der Waals surface area contributed by atoms with Crippen molar-refractivity contribution in [3.63, 3.8) is 0 Å². The third-order valence-corrected chi connectivity index (χ3v) is 5.21. The summed E-state index contributed by atoms with van der Waals surface area (Å²) in [5.74, 6) is 1.40. The number of nitrogens with zero attached hydrogens (tertiary/aromatic N) is 3. The Morgan fingerprint density at radius 3 is 2.59 bits per heavy atom. The lowest BCUT2D eigenvalue weighted by molar-refractivity contribution is 0.382. The molecule has 2 aromatic heterocycles. The van der Waals surface area contributed by atoms with Crippen molar-refractivity contribution in [2.24, 2.45) is 0 Å². The van der Waals surface area contributed by atoms with E-state index in [2.05, 4.69) is 20.0 Å². The van der Waals surface area contributed by atoms with Gasteiger partial charge >= 0.3 is 0 Å². The molecule has 144 valence electrons. The standard InChI is InChI=1S/C17H20N4O5S/c1-17(2,3)21-27(22,23)14-9-11(5-6-13(14)24-4)16-19-15(20-26-16)10-12-7-8-18-25-12/h5-9,21H,10H2,1-4H3. The van der Waals surface area contributed by atoms with Crippen LogP contribution in [0.15, 0.2) is 44.4 Å². The average Bonchev–Trinajstić information content (AvgIpc) is 3.24. The number of rotatable bonds is 6. The maximum atomic E-state index is 12.8. The van der Waals surface area contributed by atoms with Gasteiger partial charge in [-0.1, -0.05) is 10.3 Å². The van der Waals surface area contributed by atoms with Crippen molar-refractivity contribution in [3.8, 4) is 17.2 Å². The number of ether oxygens (including phenoxy) is 1. The number of aromatic nitrogens is 3. The fourth-order valence-electron chi connectivity index (χ4n) is 2.41. The van der Waals surface area contributed by atoms with Crippen LogP contribution in [0.3, 0.4) is 0 Å². The van der Waals surface area contributed by atoms with Crippen molar-refractivity contribution in [3.05, 3.63) is 42.0 Å². The lowest BCUT2D eigenvalue weighted by Crippen LogP contribution is -2.40. The van der Waals surface area contributed by atoms with E-state index in [1.165, 1.54) is 19.4 Å². The fraction of sp³-hybridized carbons (Fsp3) is 0.353. The van der Waals surface area contributed by atoms with Crippen LogP contribution in [-0.2, 0) is 16.4 Å². The molecule has 10 heteroatoms. The third kappa shape index (κ3) is 4.52. The summed E-state index contributed by atoms with van der Waals surface area (Å²) in [5.41, 5.74) is -0.185. The normalized spacial score (nSPS) is 12.3. The van der Waals surface area contributed by atoms with E-state index in [0.29, 0.717) is 23.6 Å². The highest BCUT2D eigenvalue weighted by Crippen LogP contribution is 2.30. The molecule has 27 heavy (non-hydrogen) atoms. The number of nitrogens with one attached hydrogen (secondary N) is 1. The summed E-state index contributed by atoms with van der Waals surface area (Å²) >= 11 is 0. The molecule has 0 bridgehead atoms. The molecule has 0 atom stereocenters. The first kappa shape index (κ1) is 19.1. The van der Waals surface area contributed by atoms with Gasteiger partial charge in [0.2, 0.25) is 10.0 Å². The second-order valence-corrected chi connectivity index (χ2v) is 8.54. The molecule has 3 aromatic rings. The molecule has 1 N–H and O–H groups in total. The summed E-state index contributed by atoms with van der Waals surface area (Å²) in [6.45, 7) is 5.28. The Kier molecular flexibility index (Phi) is 5.03. The molecule has 0 amide bonds. The fourth-order valence-corrected chi connectivity index (χ4v) is 4.02. The monoisotopic (exact) mass is 392 g/mol. The minimum absolute atomic E-state index is 0.00703. The zero-order chi connectivity index (χ0) is 19.7. The van der Waals surface area contributed by atoms with Gasteiger partial charge in [0.1, 0.15) is 16.4 Å². The zero-order valence-corrected chi connectivity index (χ0v) is 16.2. The lowest BCUT2D eigenvalue weighted by atomic mass is 10.1. The molecular weight excluding hydrogens is 372 g/mol. The molecule has 1 aromatic carbocycles. The van der Waals surface area contributed by atoms with Crippen molar-refractivity contribution in [2.45, 2.75) is 37.6 Å². The maximum absolute atomic E-state index is 12.8. The molecule has 0 aliphatic carbocycles. The molecule has 0 saturated carbocycles. The number of methoxy groups -OCH3 is 1. The molecule has 9 nitrogen and oxygen atoms in total. The maximum Gasteiger partial charge on any atom is 0.257 e. The van der Waals surface area contributed by atoms with Gasteiger partial charge in [0.15, 0.2) is 5.82 Å². The summed E-state index contributed by atoms with van der Waals surface area (Å²) in [4.78, 5) is 4.28. The summed E-state index contributed by atoms with van der Waals surface area (Å²) in [5, 5.41) is 7.51. The second-order valence-electron chi connectivity index (χ2n) is 6.89. The largest absolute Gasteiger partial charge is 0.495 e. The number of hydrogen-bond donors (Lipinski definition) is 1. The number of hydrogen-bond acceptors (Lipinski definition) is 8. The molecule has 0 unspecified atom stereocenters. The van der Waals surface area contributed by atoms with E-state index in [1.807, 2.05) is 0 Å². The Bertz CT molecular complexity index is 1020. The Balaban J connectivity index is 1.95. The van der Waals surface area contributed by atoms with Crippen LogP contribution in [0.2, 0.25) is 0 Å². The quantitative estimate of drug-likeness (QED) is 0.679. The Morgan fingerprint density at radius 1 is 1.19 bits per heavy atom. The van der Waals surface area contributed by atoms with E-state index in [4.69, 9.17) is 13.8 Å². The van der Waals surface area contributed by atoms with Crippen molar-refractivity contribution >= 4 is 10.0 Å². The van der Waals surface area contributed by atoms with Crippen molar-refractivity contribution in [1.82, 2.24) is 20.0 Å². The van der Waals surface area contributed by atoms with Crippen LogP contribution in [0.4, 0.5) is 0 Å². The molecule has 0 saturated heterocycles. The summed E-state index contributed by atoms with van der Waals surface area (Å²) in [6, 6.07) is 6.35. The highest BCUT2D eigenvalue weighted by molar-refractivity contribution is 7.89. The van der Waals surface area contributed by atoms with Crippen LogP contribution in [-0.4, -0.2) is 36.4 Å². The minimum Gasteiger partial charge on any atom is -0.495 e. The minimum atomic E-state index is -3.81. The highest BCUT2D eigenvalue weighted by Gasteiger charge is 2.26. The van der Waals surface area contributed by atoms with E-state index < -0.39 is 15.6 Å². The number of benzene rings is 1. The first-order valence-electron chi connectivity index (χ1n) is 8.12. The van der Waals surface area contributed by atoms with E-state index in [-0.39, 0.29) is 16.5 Å². The van der Waals surface area contributed by atoms with Gasteiger partial charge in [0.25, 0.3) is 5.89 Å². The Hall–Kier alpha value is -2.72. The van der Waals surface area contributed by atoms with Crippen molar-refractivity contribution in [2.75, 3.05) is 7.11 Å². The first-order chi connectivity index (χ1) is 12.7. The van der Waals surface area contributed by atoms with E-state index >= 15 is 0 Å². The van der Waals surface area contributed by atoms with Gasteiger partial charge in [0.05, 0.1) is 19.7 Å². The predicted octanol–water partition coefficient (Wildman–Crippen LogP) is 2.40. The van der Waals surface area contributed by atoms with Gasteiger partial charge in [-0.15, -0.1) is 0 Å². The van der Waals surface area contributed by atoms with E-state index in [9.17, 15) is 8.42 Å². The summed E-state index contributed by atoms with van der Waals surface area (Å²) < 4.78 is 43.6. The smallest absolute Gasteiger partial charge is 0.257 e. The third-order valence-electron chi connectivity index (χ3n) is 3.43. The molecular formula is C17H20N4O5S. The molecule has 3 rings (SSSR count). The van der Waals surface area contributed by atoms with Gasteiger partial charge in [-0.25, -0.2) is 13.1 Å². The van der Waals surface area contributed by atoms with Crippen molar-refractivity contribution < 1.29 is 22.2 Å². The topological polar surface area (TPSA) is 120 Å². The van der Waals surface area contributed by atoms with Crippen LogP contribution in [0.25, 0.3) is 11.5 Å². The number of sulfonamides is 1. The van der Waals surface area contributed by atoms with Crippen LogP contribution in [0, 0.1) is 0 Å². The van der Waals surface area contributed by atoms with E-state index in [1.54, 1.807) is 39.0 Å². The molecule has 0 radical (unpaired) electrons. The first-order valence-corrected chi connectivity index (χ1v) is 9.61. The zero-order valence-electron chi connectivity index (χ0n) is 15.4. The molecule has 2 heterocycles. The van der Waals surface area contributed by atoms with Crippen LogP contribution < -0.4 is 9.46 Å². The van der Waals surface area contributed by atoms with Gasteiger partial charge in [-0.2, -0.15) is 4.98 Å². The average molecular weight is 392 g/mol.